The van der Waals surface area contributed by atoms with Crippen molar-refractivity contribution in [2.75, 3.05) is 39.3 Å². The van der Waals surface area contributed by atoms with Gasteiger partial charge in [-0.05, 0) is 90.8 Å². The molecule has 3 heterocycles. The van der Waals surface area contributed by atoms with Crippen LogP contribution in [0.2, 0.25) is 0 Å². The molecule has 3 amide bonds. The fraction of sp³-hybridized carbons (Fsp3) is 0.390. The molecule has 3 N–H and O–H groups in total. The van der Waals surface area contributed by atoms with Gasteiger partial charge in [-0.2, -0.15) is 0 Å². The zero-order chi connectivity index (χ0) is 33.6. The van der Waals surface area contributed by atoms with Gasteiger partial charge in [-0.15, -0.1) is 0 Å². The minimum Gasteiger partial charge on any atom is -0.342 e. The molecular weight excluding hydrogens is 610 g/mol. The lowest BCUT2D eigenvalue weighted by molar-refractivity contribution is -0.153. The molecule has 4 aromatic carbocycles. The summed E-state index contributed by atoms with van der Waals surface area (Å²) in [5, 5.41) is 12.1. The Labute approximate surface area is 289 Å². The van der Waals surface area contributed by atoms with Gasteiger partial charge in [0.05, 0.1) is 6.54 Å². The Balaban J connectivity index is 1.16. The first-order chi connectivity index (χ1) is 24.0. The molecule has 4 aromatic rings. The van der Waals surface area contributed by atoms with Crippen molar-refractivity contribution in [1.82, 2.24) is 25.8 Å². The van der Waals surface area contributed by atoms with Gasteiger partial charge in [0.1, 0.15) is 12.1 Å². The number of hydrogen-bond acceptors (Lipinski definition) is 5. The molecule has 0 saturated carbocycles. The molecule has 3 aliphatic heterocycles. The van der Waals surface area contributed by atoms with E-state index in [1.165, 1.54) is 0 Å². The quantitative estimate of drug-likeness (QED) is 0.229. The molecule has 0 aromatic heterocycles. The number of carbonyl (C=O) groups is 3. The third-order valence-electron chi connectivity index (χ3n) is 10.6. The van der Waals surface area contributed by atoms with Gasteiger partial charge < -0.3 is 25.8 Å². The highest BCUT2D eigenvalue weighted by Crippen LogP contribution is 2.26. The van der Waals surface area contributed by atoms with Crippen LogP contribution in [0.25, 0.3) is 21.9 Å². The summed E-state index contributed by atoms with van der Waals surface area (Å²) in [6.45, 7) is 4.62. The van der Waals surface area contributed by atoms with Crippen LogP contribution < -0.4 is 16.0 Å². The van der Waals surface area contributed by atoms with Crippen molar-refractivity contribution >= 4 is 28.5 Å². The second-order valence-corrected chi connectivity index (χ2v) is 14.0. The molecule has 0 radical (unpaired) electrons. The summed E-state index contributed by atoms with van der Waals surface area (Å²) in [6, 6.07) is 31.4. The number of hydrogen-bond donors (Lipinski definition) is 3. The number of nitrogens with one attached hydrogen (secondary N) is 3. The molecule has 3 fully saturated rings. The SMILES string of the molecule is O=C1N[C@@H](Cc2ccc3ccccc3c2)C(=O)N(Cc2ccc(-c3ccccc3)cc2)[C@H]1CN(CC1CCNCC1)C(=O)C1CCNCC1. The number of rotatable bonds is 10. The predicted molar refractivity (Wildman–Crippen MR) is 194 cm³/mol. The molecule has 3 saturated heterocycles. The highest BCUT2D eigenvalue weighted by Gasteiger charge is 2.43. The molecule has 49 heavy (non-hydrogen) atoms. The molecule has 0 unspecified atom stereocenters. The Hall–Kier alpha value is -4.53. The molecule has 3 aliphatic rings. The molecule has 2 atom stereocenters. The maximum absolute atomic E-state index is 14.5. The van der Waals surface area contributed by atoms with Crippen LogP contribution in [0.15, 0.2) is 97.1 Å². The van der Waals surface area contributed by atoms with Crippen molar-refractivity contribution in [2.24, 2.45) is 11.8 Å². The van der Waals surface area contributed by atoms with E-state index in [4.69, 9.17) is 0 Å². The van der Waals surface area contributed by atoms with E-state index < -0.39 is 12.1 Å². The topological polar surface area (TPSA) is 93.8 Å². The number of carbonyl (C=O) groups excluding carboxylic acids is 3. The second kappa shape index (κ2) is 15.3. The summed E-state index contributed by atoms with van der Waals surface area (Å²) >= 11 is 0. The zero-order valence-corrected chi connectivity index (χ0v) is 28.2. The zero-order valence-electron chi connectivity index (χ0n) is 28.2. The number of piperidine rings is 2. The first kappa shape index (κ1) is 33.0. The summed E-state index contributed by atoms with van der Waals surface area (Å²) in [4.78, 5) is 46.4. The number of nitrogens with zero attached hydrogens (tertiary/aromatic N) is 2. The van der Waals surface area contributed by atoms with Crippen LogP contribution in [0.4, 0.5) is 0 Å². The molecule has 7 rings (SSSR count). The van der Waals surface area contributed by atoms with E-state index in [2.05, 4.69) is 64.5 Å². The van der Waals surface area contributed by atoms with E-state index in [0.717, 1.165) is 84.9 Å². The van der Waals surface area contributed by atoms with Crippen molar-refractivity contribution in [1.29, 1.82) is 0 Å². The van der Waals surface area contributed by atoms with E-state index in [0.29, 0.717) is 25.4 Å². The lowest BCUT2D eigenvalue weighted by Crippen LogP contribution is -2.66. The lowest BCUT2D eigenvalue weighted by Gasteiger charge is -2.42. The minimum absolute atomic E-state index is 0.0649. The molecule has 254 valence electrons. The highest BCUT2D eigenvalue weighted by atomic mass is 16.2. The van der Waals surface area contributed by atoms with Crippen LogP contribution in [0.3, 0.4) is 0 Å². The summed E-state index contributed by atoms with van der Waals surface area (Å²) in [5.41, 5.74) is 4.17. The third-order valence-corrected chi connectivity index (χ3v) is 10.6. The summed E-state index contributed by atoms with van der Waals surface area (Å²) in [7, 11) is 0. The molecular formula is C41H47N5O3. The van der Waals surface area contributed by atoms with Crippen molar-refractivity contribution < 1.29 is 14.4 Å². The van der Waals surface area contributed by atoms with E-state index in [1.54, 1.807) is 4.90 Å². The van der Waals surface area contributed by atoms with E-state index >= 15 is 0 Å². The van der Waals surface area contributed by atoms with Crippen LogP contribution in [-0.4, -0.2) is 78.9 Å². The van der Waals surface area contributed by atoms with E-state index in [-0.39, 0.29) is 30.2 Å². The monoisotopic (exact) mass is 657 g/mol. The molecule has 0 bridgehead atoms. The molecule has 8 heteroatoms. The maximum atomic E-state index is 14.5. The standard InChI is InChI=1S/C41H47N5O3/c47-39-38(28-45(26-30-16-20-42-21-17-30)40(48)35-18-22-43-23-19-35)46(27-29-10-13-34(14-11-29)32-6-2-1-3-7-32)41(49)37(44-39)25-31-12-15-33-8-4-5-9-36(33)24-31/h1-15,24,30,35,37-38,42-43H,16-23,25-28H2,(H,44,47)/t37-,38-/m0/s1. The van der Waals surface area contributed by atoms with E-state index in [9.17, 15) is 14.4 Å². The van der Waals surface area contributed by atoms with Crippen LogP contribution >= 0.6 is 0 Å². The smallest absolute Gasteiger partial charge is 0.246 e. The van der Waals surface area contributed by atoms with Crippen molar-refractivity contribution in [3.8, 4) is 11.1 Å². The van der Waals surface area contributed by atoms with Crippen molar-refractivity contribution in [3.05, 3.63) is 108 Å². The van der Waals surface area contributed by atoms with Crippen molar-refractivity contribution in [2.45, 2.75) is 50.7 Å². The Kier molecular flexibility index (Phi) is 10.3. The highest BCUT2D eigenvalue weighted by molar-refractivity contribution is 5.98. The van der Waals surface area contributed by atoms with Gasteiger partial charge in [0.15, 0.2) is 0 Å². The van der Waals surface area contributed by atoms with Gasteiger partial charge in [-0.3, -0.25) is 14.4 Å². The van der Waals surface area contributed by atoms with Crippen LogP contribution in [-0.2, 0) is 27.3 Å². The van der Waals surface area contributed by atoms with Gasteiger partial charge in [0.2, 0.25) is 17.7 Å². The molecule has 8 nitrogen and oxygen atoms in total. The predicted octanol–water partition coefficient (Wildman–Crippen LogP) is 4.77. The maximum Gasteiger partial charge on any atom is 0.246 e. The Bertz CT molecular complexity index is 1750. The summed E-state index contributed by atoms with van der Waals surface area (Å²) < 4.78 is 0. The van der Waals surface area contributed by atoms with Crippen LogP contribution in [0, 0.1) is 11.8 Å². The van der Waals surface area contributed by atoms with Crippen LogP contribution in [0.1, 0.15) is 36.8 Å². The van der Waals surface area contributed by atoms with Crippen LogP contribution in [0.5, 0.6) is 0 Å². The number of benzene rings is 4. The second-order valence-electron chi connectivity index (χ2n) is 14.0. The van der Waals surface area contributed by atoms with Gasteiger partial charge in [0, 0.05) is 25.4 Å². The van der Waals surface area contributed by atoms with Gasteiger partial charge >= 0.3 is 0 Å². The Morgan fingerprint density at radius 2 is 1.33 bits per heavy atom. The Morgan fingerprint density at radius 3 is 2.06 bits per heavy atom. The van der Waals surface area contributed by atoms with Gasteiger partial charge in [0.25, 0.3) is 0 Å². The van der Waals surface area contributed by atoms with Gasteiger partial charge in [-0.1, -0.05) is 97.1 Å². The molecule has 0 aliphatic carbocycles. The summed E-state index contributed by atoms with van der Waals surface area (Å²) in [5.74, 6) is 0.116. The Morgan fingerprint density at radius 1 is 0.694 bits per heavy atom. The number of amides is 3. The average molecular weight is 658 g/mol. The normalized spacial score (nSPS) is 20.7. The minimum atomic E-state index is -0.776. The average Bonchev–Trinajstić information content (AvgIpc) is 3.15. The third kappa shape index (κ3) is 7.87. The fourth-order valence-electron chi connectivity index (χ4n) is 7.73. The lowest BCUT2D eigenvalue weighted by atomic mass is 9.93. The summed E-state index contributed by atoms with van der Waals surface area (Å²) in [6.07, 6.45) is 3.98. The fourth-order valence-corrected chi connectivity index (χ4v) is 7.73. The number of piperazine rings is 1. The van der Waals surface area contributed by atoms with Gasteiger partial charge in [-0.25, -0.2) is 0 Å². The van der Waals surface area contributed by atoms with E-state index in [1.807, 2.05) is 53.4 Å². The molecule has 0 spiro atoms. The first-order valence-corrected chi connectivity index (χ1v) is 17.9. The van der Waals surface area contributed by atoms with Crippen molar-refractivity contribution in [3.63, 3.8) is 0 Å². The first-order valence-electron chi connectivity index (χ1n) is 17.9. The number of fused-ring (bicyclic) bond motifs is 1. The largest absolute Gasteiger partial charge is 0.342 e.